The van der Waals surface area contributed by atoms with Gasteiger partial charge in [-0.15, -0.1) is 0 Å². The van der Waals surface area contributed by atoms with Crippen molar-refractivity contribution in [3.8, 4) is 0 Å². The van der Waals surface area contributed by atoms with Crippen LogP contribution in [0.2, 0.25) is 0 Å². The van der Waals surface area contributed by atoms with Crippen molar-refractivity contribution < 1.29 is 8.42 Å². The summed E-state index contributed by atoms with van der Waals surface area (Å²) in [5.41, 5.74) is -0.102. The molecular weight excluding hydrogens is 188 g/mol. The Balaban J connectivity index is 2.14. The summed E-state index contributed by atoms with van der Waals surface area (Å²) in [6.45, 7) is 1.58. The quantitative estimate of drug-likeness (QED) is 0.556. The Morgan fingerprint density at radius 2 is 1.92 bits per heavy atom. The molecule has 13 heavy (non-hydrogen) atoms. The van der Waals surface area contributed by atoms with E-state index in [0.717, 1.165) is 25.9 Å². The van der Waals surface area contributed by atoms with Gasteiger partial charge in [0.15, 0.2) is 9.84 Å². The van der Waals surface area contributed by atoms with E-state index in [0.29, 0.717) is 0 Å². The molecule has 0 aromatic rings. The molecule has 2 aliphatic heterocycles. The average Bonchev–Trinajstić information content (AvgIpc) is 2.35. The van der Waals surface area contributed by atoms with E-state index in [1.807, 2.05) is 6.08 Å². The molecule has 4 nitrogen and oxygen atoms in total. The van der Waals surface area contributed by atoms with E-state index in [9.17, 15) is 8.42 Å². The van der Waals surface area contributed by atoms with Crippen molar-refractivity contribution in [2.45, 2.75) is 12.8 Å². The fourth-order valence-electron chi connectivity index (χ4n) is 2.03. The normalized spacial score (nSPS) is 31.2. The van der Waals surface area contributed by atoms with E-state index in [1.165, 1.54) is 5.41 Å². The SMILES string of the molecule is NN1CCC2(C=CS(=O)(=O)C2)CC1. The topological polar surface area (TPSA) is 63.4 Å². The smallest absolute Gasteiger partial charge is 0.172 e. The molecule has 0 amide bonds. The maximum atomic E-state index is 11.3. The minimum Gasteiger partial charge on any atom is -0.269 e. The molecule has 2 rings (SSSR count). The van der Waals surface area contributed by atoms with Crippen LogP contribution in [-0.4, -0.2) is 32.3 Å². The zero-order valence-corrected chi connectivity index (χ0v) is 8.26. The Labute approximate surface area is 78.3 Å². The first kappa shape index (κ1) is 9.18. The molecule has 1 saturated heterocycles. The zero-order chi connectivity index (χ0) is 9.53. The number of nitrogens with zero attached hydrogens (tertiary/aromatic N) is 1. The monoisotopic (exact) mass is 202 g/mol. The maximum absolute atomic E-state index is 11.3. The second kappa shape index (κ2) is 2.80. The van der Waals surface area contributed by atoms with Crippen LogP contribution in [0.5, 0.6) is 0 Å². The van der Waals surface area contributed by atoms with Crippen LogP contribution >= 0.6 is 0 Å². The molecule has 5 heteroatoms. The molecule has 0 aromatic heterocycles. The largest absolute Gasteiger partial charge is 0.269 e. The third-order valence-electron chi connectivity index (χ3n) is 2.91. The molecule has 0 bridgehead atoms. The van der Waals surface area contributed by atoms with Crippen LogP contribution in [0, 0.1) is 5.41 Å². The van der Waals surface area contributed by atoms with Gasteiger partial charge in [0.2, 0.25) is 0 Å². The summed E-state index contributed by atoms with van der Waals surface area (Å²) in [6, 6.07) is 0. The molecule has 0 atom stereocenters. The van der Waals surface area contributed by atoms with E-state index in [1.54, 1.807) is 5.01 Å². The molecule has 0 saturated carbocycles. The van der Waals surface area contributed by atoms with Crippen LogP contribution in [0.3, 0.4) is 0 Å². The Hall–Kier alpha value is -0.390. The number of rotatable bonds is 0. The third-order valence-corrected chi connectivity index (χ3v) is 4.44. The third kappa shape index (κ3) is 1.77. The second-order valence-electron chi connectivity index (χ2n) is 4.01. The van der Waals surface area contributed by atoms with Gasteiger partial charge in [0.25, 0.3) is 0 Å². The van der Waals surface area contributed by atoms with Gasteiger partial charge in [-0.05, 0) is 12.8 Å². The van der Waals surface area contributed by atoms with Crippen LogP contribution in [-0.2, 0) is 9.84 Å². The summed E-state index contributed by atoms with van der Waals surface area (Å²) in [4.78, 5) is 0. The van der Waals surface area contributed by atoms with Crippen molar-refractivity contribution in [1.29, 1.82) is 0 Å². The number of nitrogens with two attached hydrogens (primary N) is 1. The minimum absolute atomic E-state index is 0.102. The van der Waals surface area contributed by atoms with E-state index in [4.69, 9.17) is 5.84 Å². The lowest BCUT2D eigenvalue weighted by Gasteiger charge is -2.35. The number of hydrogen-bond donors (Lipinski definition) is 1. The summed E-state index contributed by atoms with van der Waals surface area (Å²) >= 11 is 0. The molecule has 1 fully saturated rings. The standard InChI is InChI=1S/C8H14N2O2S/c9-10-4-1-8(2-5-10)3-6-13(11,12)7-8/h3,6H,1-2,4-5,7,9H2. The predicted molar refractivity (Wildman–Crippen MR) is 50.4 cm³/mol. The van der Waals surface area contributed by atoms with Crippen molar-refractivity contribution in [2.75, 3.05) is 18.8 Å². The molecule has 0 aliphatic carbocycles. The molecule has 74 valence electrons. The lowest BCUT2D eigenvalue weighted by atomic mass is 9.81. The van der Waals surface area contributed by atoms with Gasteiger partial charge in [-0.2, -0.15) is 0 Å². The Morgan fingerprint density at radius 3 is 2.38 bits per heavy atom. The summed E-state index contributed by atoms with van der Waals surface area (Å²) in [5, 5.41) is 3.11. The summed E-state index contributed by atoms with van der Waals surface area (Å²) in [5.74, 6) is 5.90. The molecule has 2 heterocycles. The van der Waals surface area contributed by atoms with Crippen LogP contribution in [0.25, 0.3) is 0 Å². The molecule has 0 radical (unpaired) electrons. The van der Waals surface area contributed by atoms with E-state index >= 15 is 0 Å². The maximum Gasteiger partial charge on any atom is 0.172 e. The van der Waals surface area contributed by atoms with Crippen molar-refractivity contribution in [3.05, 3.63) is 11.5 Å². The van der Waals surface area contributed by atoms with E-state index in [2.05, 4.69) is 0 Å². The summed E-state index contributed by atoms with van der Waals surface area (Å²) < 4.78 is 22.5. The van der Waals surface area contributed by atoms with E-state index < -0.39 is 9.84 Å². The minimum atomic E-state index is -2.91. The first-order valence-electron chi connectivity index (χ1n) is 4.43. The summed E-state index contributed by atoms with van der Waals surface area (Å²) in [6.07, 6.45) is 3.58. The highest BCUT2D eigenvalue weighted by Crippen LogP contribution is 2.38. The zero-order valence-electron chi connectivity index (χ0n) is 7.44. The molecule has 2 N–H and O–H groups in total. The van der Waals surface area contributed by atoms with Gasteiger partial charge >= 0.3 is 0 Å². The fourth-order valence-corrected chi connectivity index (χ4v) is 3.80. The molecular formula is C8H14N2O2S. The Morgan fingerprint density at radius 1 is 1.31 bits per heavy atom. The van der Waals surface area contributed by atoms with Crippen LogP contribution in [0.1, 0.15) is 12.8 Å². The van der Waals surface area contributed by atoms with Crippen molar-refractivity contribution in [2.24, 2.45) is 11.3 Å². The Bertz CT molecular complexity index is 326. The lowest BCUT2D eigenvalue weighted by molar-refractivity contribution is 0.158. The van der Waals surface area contributed by atoms with Gasteiger partial charge in [0.1, 0.15) is 0 Å². The van der Waals surface area contributed by atoms with Crippen molar-refractivity contribution >= 4 is 9.84 Å². The predicted octanol–water partition coefficient (Wildman–Crippen LogP) is -0.116. The van der Waals surface area contributed by atoms with E-state index in [-0.39, 0.29) is 11.2 Å². The fraction of sp³-hybridized carbons (Fsp3) is 0.750. The number of allylic oxidation sites excluding steroid dienone is 1. The highest BCUT2D eigenvalue weighted by atomic mass is 32.2. The van der Waals surface area contributed by atoms with Crippen LogP contribution < -0.4 is 5.84 Å². The second-order valence-corrected chi connectivity index (χ2v) is 5.89. The highest BCUT2D eigenvalue weighted by molar-refractivity contribution is 7.94. The number of sulfone groups is 1. The number of hydrazine groups is 1. The van der Waals surface area contributed by atoms with Gasteiger partial charge in [-0.25, -0.2) is 13.4 Å². The molecule has 0 aromatic carbocycles. The first-order valence-corrected chi connectivity index (χ1v) is 6.15. The van der Waals surface area contributed by atoms with Gasteiger partial charge in [0, 0.05) is 23.9 Å². The molecule has 1 spiro atoms. The van der Waals surface area contributed by atoms with Crippen molar-refractivity contribution in [1.82, 2.24) is 5.01 Å². The average molecular weight is 202 g/mol. The highest BCUT2D eigenvalue weighted by Gasteiger charge is 2.39. The van der Waals surface area contributed by atoms with Crippen LogP contribution in [0.15, 0.2) is 11.5 Å². The summed E-state index contributed by atoms with van der Waals surface area (Å²) in [7, 11) is -2.91. The van der Waals surface area contributed by atoms with Crippen molar-refractivity contribution in [3.63, 3.8) is 0 Å². The van der Waals surface area contributed by atoms with Gasteiger partial charge in [0.05, 0.1) is 5.75 Å². The Kier molecular flexibility index (Phi) is 1.98. The number of hydrogen-bond acceptors (Lipinski definition) is 4. The van der Waals surface area contributed by atoms with Gasteiger partial charge in [-0.1, -0.05) is 6.08 Å². The van der Waals surface area contributed by atoms with Gasteiger partial charge < -0.3 is 0 Å². The number of piperidine rings is 1. The lowest BCUT2D eigenvalue weighted by Crippen LogP contribution is -2.44. The molecule has 2 aliphatic rings. The van der Waals surface area contributed by atoms with Gasteiger partial charge in [-0.3, -0.25) is 5.84 Å². The van der Waals surface area contributed by atoms with Crippen LogP contribution in [0.4, 0.5) is 0 Å². The molecule has 0 unspecified atom stereocenters. The first-order chi connectivity index (χ1) is 6.02.